The molecule has 0 saturated heterocycles. The Hall–Kier alpha value is -1.76. The average Bonchev–Trinajstić information content (AvgIpc) is 3.09. The van der Waals surface area contributed by atoms with Gasteiger partial charge in [-0.15, -0.1) is 0 Å². The van der Waals surface area contributed by atoms with Gasteiger partial charge < -0.3 is 9.09 Å². The summed E-state index contributed by atoms with van der Waals surface area (Å²) < 4.78 is 35.2. The molecule has 7 heteroatoms. The third-order valence-electron chi connectivity index (χ3n) is 5.29. The van der Waals surface area contributed by atoms with E-state index in [0.29, 0.717) is 12.8 Å². The number of alkyl halides is 2. The Morgan fingerprint density at radius 1 is 1.31 bits per heavy atom. The van der Waals surface area contributed by atoms with Gasteiger partial charge in [0.25, 0.3) is 0 Å². The smallest absolute Gasteiger partial charge is 0.248 e. The number of hydrogen-bond donors (Lipinski definition) is 0. The van der Waals surface area contributed by atoms with Gasteiger partial charge in [-0.1, -0.05) is 5.16 Å². The van der Waals surface area contributed by atoms with Crippen LogP contribution in [0.1, 0.15) is 37.1 Å². The summed E-state index contributed by atoms with van der Waals surface area (Å²) in [5.74, 6) is -1.47. The van der Waals surface area contributed by atoms with Crippen molar-refractivity contribution in [2.75, 3.05) is 0 Å². The molecular weight excluding hydrogens is 404 g/mol. The van der Waals surface area contributed by atoms with E-state index in [9.17, 15) is 8.78 Å². The SMILES string of the molecule is Cc1noc(C)c1-c1cnc2c(Br)cn(CC3CCC(F)(F)CC3)c2c1. The zero-order chi connectivity index (χ0) is 18.5. The van der Waals surface area contributed by atoms with Crippen molar-refractivity contribution in [1.82, 2.24) is 14.7 Å². The lowest BCUT2D eigenvalue weighted by Crippen LogP contribution is -2.26. The molecule has 0 unspecified atom stereocenters. The molecule has 1 fully saturated rings. The van der Waals surface area contributed by atoms with E-state index in [2.05, 4.69) is 36.7 Å². The van der Waals surface area contributed by atoms with Gasteiger partial charge in [0.15, 0.2) is 0 Å². The van der Waals surface area contributed by atoms with Gasteiger partial charge in [0.05, 0.1) is 15.7 Å². The van der Waals surface area contributed by atoms with Crippen LogP contribution < -0.4 is 0 Å². The van der Waals surface area contributed by atoms with E-state index < -0.39 is 5.92 Å². The summed E-state index contributed by atoms with van der Waals surface area (Å²) in [7, 11) is 0. The largest absolute Gasteiger partial charge is 0.361 e. The van der Waals surface area contributed by atoms with Gasteiger partial charge in [0.2, 0.25) is 5.92 Å². The second kappa shape index (κ2) is 6.44. The lowest BCUT2D eigenvalue weighted by molar-refractivity contribution is -0.0472. The minimum Gasteiger partial charge on any atom is -0.361 e. The molecule has 1 aliphatic carbocycles. The molecule has 1 saturated carbocycles. The van der Waals surface area contributed by atoms with Crippen LogP contribution in [-0.4, -0.2) is 20.6 Å². The molecule has 0 amide bonds. The predicted molar refractivity (Wildman–Crippen MR) is 99.3 cm³/mol. The van der Waals surface area contributed by atoms with Crippen molar-refractivity contribution in [1.29, 1.82) is 0 Å². The second-order valence-corrected chi connectivity index (χ2v) is 8.07. The fourth-order valence-electron chi connectivity index (χ4n) is 3.87. The molecule has 138 valence electrons. The molecule has 26 heavy (non-hydrogen) atoms. The van der Waals surface area contributed by atoms with Gasteiger partial charge in [0, 0.05) is 42.9 Å². The third-order valence-corrected chi connectivity index (χ3v) is 5.87. The molecule has 4 nitrogen and oxygen atoms in total. The van der Waals surface area contributed by atoms with Crippen molar-refractivity contribution in [3.05, 3.63) is 34.4 Å². The lowest BCUT2D eigenvalue weighted by Gasteiger charge is -2.28. The maximum atomic E-state index is 13.4. The van der Waals surface area contributed by atoms with Gasteiger partial charge in [-0.3, -0.25) is 4.98 Å². The monoisotopic (exact) mass is 423 g/mol. The summed E-state index contributed by atoms with van der Waals surface area (Å²) in [4.78, 5) is 4.60. The Balaban J connectivity index is 1.68. The first-order valence-electron chi connectivity index (χ1n) is 8.79. The minimum absolute atomic E-state index is 0.0133. The van der Waals surface area contributed by atoms with Gasteiger partial charge in [0.1, 0.15) is 11.3 Å². The van der Waals surface area contributed by atoms with E-state index in [1.165, 1.54) is 0 Å². The Morgan fingerprint density at radius 3 is 2.69 bits per heavy atom. The average molecular weight is 424 g/mol. The molecule has 4 rings (SSSR count). The van der Waals surface area contributed by atoms with Gasteiger partial charge in [-0.2, -0.15) is 0 Å². The number of aryl methyl sites for hydroxylation is 2. The second-order valence-electron chi connectivity index (χ2n) is 7.22. The minimum atomic E-state index is -2.49. The zero-order valence-corrected chi connectivity index (χ0v) is 16.3. The van der Waals surface area contributed by atoms with Crippen molar-refractivity contribution in [3.8, 4) is 11.1 Å². The molecule has 0 spiro atoms. The number of hydrogen-bond acceptors (Lipinski definition) is 3. The maximum Gasteiger partial charge on any atom is 0.248 e. The quantitative estimate of drug-likeness (QED) is 0.526. The maximum absolute atomic E-state index is 13.4. The van der Waals surface area contributed by atoms with Gasteiger partial charge in [-0.25, -0.2) is 8.78 Å². The molecule has 3 heterocycles. The Bertz CT molecular complexity index is 934. The highest BCUT2D eigenvalue weighted by Crippen LogP contribution is 2.38. The van der Waals surface area contributed by atoms with Gasteiger partial charge in [-0.05, 0) is 54.6 Å². The highest BCUT2D eigenvalue weighted by Gasteiger charge is 2.35. The first-order chi connectivity index (χ1) is 12.3. The lowest BCUT2D eigenvalue weighted by atomic mass is 9.87. The molecule has 3 aromatic rings. The van der Waals surface area contributed by atoms with Crippen LogP contribution in [0, 0.1) is 19.8 Å². The molecule has 0 bridgehead atoms. The van der Waals surface area contributed by atoms with Crippen molar-refractivity contribution >= 4 is 27.0 Å². The molecule has 0 N–H and O–H groups in total. The van der Waals surface area contributed by atoms with E-state index in [0.717, 1.165) is 44.6 Å². The predicted octanol–water partition coefficient (Wildman–Crippen LogP) is 5.90. The van der Waals surface area contributed by atoms with Crippen molar-refractivity contribution in [2.24, 2.45) is 5.92 Å². The van der Waals surface area contributed by atoms with E-state index >= 15 is 0 Å². The van der Waals surface area contributed by atoms with Crippen LogP contribution in [0.25, 0.3) is 22.2 Å². The van der Waals surface area contributed by atoms with Crippen LogP contribution in [-0.2, 0) is 6.54 Å². The fraction of sp³-hybridized carbons (Fsp3) is 0.474. The Kier molecular flexibility index (Phi) is 4.37. The normalized spacial score (nSPS) is 17.9. The van der Waals surface area contributed by atoms with Crippen LogP contribution in [0.5, 0.6) is 0 Å². The standard InChI is InChI=1S/C19H20BrF2N3O/c1-11-17(12(2)26-24-11)14-7-16-18(23-8-14)15(20)10-25(16)9-13-3-5-19(21,22)6-4-13/h7-8,10,13H,3-6,9H2,1-2H3. The van der Waals surface area contributed by atoms with Crippen LogP contribution in [0.2, 0.25) is 0 Å². The Labute approximate surface area is 158 Å². The topological polar surface area (TPSA) is 43.9 Å². The van der Waals surface area contributed by atoms with Crippen LogP contribution in [0.15, 0.2) is 27.5 Å². The molecule has 1 aliphatic rings. The Morgan fingerprint density at radius 2 is 2.04 bits per heavy atom. The number of pyridine rings is 1. The van der Waals surface area contributed by atoms with E-state index in [-0.39, 0.29) is 18.8 Å². The van der Waals surface area contributed by atoms with E-state index in [1.54, 1.807) is 0 Å². The van der Waals surface area contributed by atoms with E-state index in [1.807, 2.05) is 26.2 Å². The highest BCUT2D eigenvalue weighted by molar-refractivity contribution is 9.10. The molecular formula is C19H20BrF2N3O. The molecule has 0 aromatic carbocycles. The number of rotatable bonds is 3. The zero-order valence-electron chi connectivity index (χ0n) is 14.7. The first kappa shape index (κ1) is 17.6. The number of aromatic nitrogens is 3. The summed E-state index contributed by atoms with van der Waals surface area (Å²) >= 11 is 3.57. The fourth-order valence-corrected chi connectivity index (χ4v) is 4.42. The van der Waals surface area contributed by atoms with Crippen molar-refractivity contribution in [2.45, 2.75) is 52.0 Å². The molecule has 0 radical (unpaired) electrons. The number of nitrogens with zero attached hydrogens (tertiary/aromatic N) is 3. The summed E-state index contributed by atoms with van der Waals surface area (Å²) in [5, 5.41) is 4.02. The number of halogens is 3. The van der Waals surface area contributed by atoms with E-state index in [4.69, 9.17) is 4.52 Å². The summed E-state index contributed by atoms with van der Waals surface area (Å²) in [6.07, 6.45) is 4.91. The summed E-state index contributed by atoms with van der Waals surface area (Å²) in [5.41, 5.74) is 4.61. The summed E-state index contributed by atoms with van der Waals surface area (Å²) in [6, 6.07) is 2.08. The third kappa shape index (κ3) is 3.17. The molecule has 0 aliphatic heterocycles. The van der Waals surface area contributed by atoms with Crippen LogP contribution in [0.4, 0.5) is 8.78 Å². The summed E-state index contributed by atoms with van der Waals surface area (Å²) in [6.45, 7) is 4.52. The molecule has 3 aromatic heterocycles. The van der Waals surface area contributed by atoms with Crippen molar-refractivity contribution < 1.29 is 13.3 Å². The molecule has 0 atom stereocenters. The van der Waals surface area contributed by atoms with Crippen LogP contribution >= 0.6 is 15.9 Å². The van der Waals surface area contributed by atoms with Gasteiger partial charge >= 0.3 is 0 Å². The number of fused-ring (bicyclic) bond motifs is 1. The first-order valence-corrected chi connectivity index (χ1v) is 9.59. The highest BCUT2D eigenvalue weighted by atomic mass is 79.9. The van der Waals surface area contributed by atoms with Crippen LogP contribution in [0.3, 0.4) is 0 Å². The van der Waals surface area contributed by atoms with Crippen molar-refractivity contribution in [3.63, 3.8) is 0 Å².